The van der Waals surface area contributed by atoms with Gasteiger partial charge in [0.15, 0.2) is 0 Å². The first-order valence-corrected chi connectivity index (χ1v) is 2.82. The minimum atomic E-state index is -0.424. The van der Waals surface area contributed by atoms with Crippen molar-refractivity contribution in [3.63, 3.8) is 0 Å². The largest absolute Gasteiger partial charge is 0.364 e. The molecule has 0 spiro atoms. The van der Waals surface area contributed by atoms with Crippen molar-refractivity contribution in [1.29, 1.82) is 0 Å². The summed E-state index contributed by atoms with van der Waals surface area (Å²) < 4.78 is 0. The monoisotopic (exact) mass is 163 g/mol. The molecule has 0 aromatic carbocycles. The molecular formula is C5H10ClN3O. The number of amides is 1. The summed E-state index contributed by atoms with van der Waals surface area (Å²) in [6.45, 7) is 2.63. The van der Waals surface area contributed by atoms with Gasteiger partial charge in [-0.1, -0.05) is 6.92 Å². The molecule has 10 heavy (non-hydrogen) atoms. The van der Waals surface area contributed by atoms with Crippen LogP contribution in [0, 0.1) is 5.92 Å². The number of hydrogen-bond donors (Lipinski definition) is 2. The molecule has 1 amide bonds. The highest BCUT2D eigenvalue weighted by Crippen LogP contribution is 2.01. The van der Waals surface area contributed by atoms with Crippen LogP contribution in [-0.4, -0.2) is 18.2 Å². The third-order valence-corrected chi connectivity index (χ3v) is 1.32. The molecule has 1 unspecified atom stereocenters. The summed E-state index contributed by atoms with van der Waals surface area (Å²) in [7, 11) is 0. The van der Waals surface area contributed by atoms with Gasteiger partial charge < -0.3 is 11.2 Å². The van der Waals surface area contributed by atoms with E-state index in [1.165, 1.54) is 0 Å². The number of nitrogens with two attached hydrogens (primary N) is 1. The number of hydrogen-bond acceptors (Lipinski definition) is 3. The average Bonchev–Trinajstić information content (AvgIpc) is 2.13. The molecule has 0 fully saturated rings. The first kappa shape index (κ1) is 9.23. The molecule has 0 saturated heterocycles. The Balaban J connectivity index is 0.000000810. The molecule has 1 aliphatic heterocycles. The molecule has 1 atom stereocenters. The van der Waals surface area contributed by atoms with Crippen LogP contribution in [0.25, 0.3) is 0 Å². The van der Waals surface area contributed by atoms with Crippen LogP contribution in [0.5, 0.6) is 0 Å². The minimum Gasteiger partial charge on any atom is -0.364 e. The number of primary amides is 1. The number of nitrogens with zero attached hydrogens (tertiary/aromatic N) is 1. The molecule has 1 heterocycles. The van der Waals surface area contributed by atoms with E-state index in [2.05, 4.69) is 10.5 Å². The van der Waals surface area contributed by atoms with Crippen molar-refractivity contribution in [2.75, 3.05) is 6.54 Å². The van der Waals surface area contributed by atoms with Crippen molar-refractivity contribution in [1.82, 2.24) is 5.43 Å². The van der Waals surface area contributed by atoms with E-state index in [-0.39, 0.29) is 18.3 Å². The molecule has 3 N–H and O–H groups in total. The summed E-state index contributed by atoms with van der Waals surface area (Å²) in [6, 6.07) is 0. The summed E-state index contributed by atoms with van der Waals surface area (Å²) in [4.78, 5) is 10.5. The molecule has 58 valence electrons. The Morgan fingerprint density at radius 2 is 2.50 bits per heavy atom. The summed E-state index contributed by atoms with van der Waals surface area (Å²) in [5.74, 6) is -0.255. The second kappa shape index (κ2) is 3.41. The Hall–Kier alpha value is -0.770. The van der Waals surface area contributed by atoms with Gasteiger partial charge in [0, 0.05) is 12.5 Å². The molecule has 0 aromatic heterocycles. The molecule has 1 aliphatic rings. The molecule has 0 saturated carbocycles. The number of hydrazone groups is 1. The standard InChI is InChI=1S/C5H9N3O.ClH/c1-3-2-7-8-4(3)5(6)9;/h3,7H,2H2,1H3,(H2,6,9);1H. The highest BCUT2D eigenvalue weighted by Gasteiger charge is 2.20. The average molecular weight is 164 g/mol. The fourth-order valence-electron chi connectivity index (χ4n) is 0.773. The van der Waals surface area contributed by atoms with E-state index in [4.69, 9.17) is 5.73 Å². The van der Waals surface area contributed by atoms with E-state index in [1.54, 1.807) is 0 Å². The van der Waals surface area contributed by atoms with Crippen LogP contribution in [0.2, 0.25) is 0 Å². The van der Waals surface area contributed by atoms with Crippen molar-refractivity contribution in [3.05, 3.63) is 0 Å². The molecule has 0 aromatic rings. The second-order valence-electron chi connectivity index (χ2n) is 2.12. The molecule has 1 rings (SSSR count). The summed E-state index contributed by atoms with van der Waals surface area (Å²) in [6.07, 6.45) is 0. The topological polar surface area (TPSA) is 67.5 Å². The third kappa shape index (κ3) is 1.60. The molecule has 0 radical (unpaired) electrons. The van der Waals surface area contributed by atoms with Crippen LogP contribution in [0.1, 0.15) is 6.92 Å². The highest BCUT2D eigenvalue weighted by molar-refractivity contribution is 6.39. The Bertz CT molecular complexity index is 168. The van der Waals surface area contributed by atoms with E-state index in [9.17, 15) is 4.79 Å². The Kier molecular flexibility index (Phi) is 3.15. The van der Waals surface area contributed by atoms with Crippen LogP contribution in [0.4, 0.5) is 0 Å². The van der Waals surface area contributed by atoms with Crippen LogP contribution < -0.4 is 11.2 Å². The lowest BCUT2D eigenvalue weighted by Gasteiger charge is -1.97. The maximum Gasteiger partial charge on any atom is 0.265 e. The zero-order valence-corrected chi connectivity index (χ0v) is 6.44. The van der Waals surface area contributed by atoms with Crippen LogP contribution in [0.15, 0.2) is 5.10 Å². The van der Waals surface area contributed by atoms with Gasteiger partial charge in [0.05, 0.1) is 0 Å². The van der Waals surface area contributed by atoms with Gasteiger partial charge in [-0.25, -0.2) is 0 Å². The molecule has 0 bridgehead atoms. The Labute approximate surface area is 65.3 Å². The highest BCUT2D eigenvalue weighted by atomic mass is 35.5. The Morgan fingerprint density at radius 3 is 2.70 bits per heavy atom. The summed E-state index contributed by atoms with van der Waals surface area (Å²) in [5, 5.41) is 3.71. The van der Waals surface area contributed by atoms with Gasteiger partial charge >= 0.3 is 0 Å². The SMILES string of the molecule is CC1CNN=C1C(N)=O.Cl. The van der Waals surface area contributed by atoms with E-state index < -0.39 is 5.91 Å². The van der Waals surface area contributed by atoms with Crippen molar-refractivity contribution in [3.8, 4) is 0 Å². The van der Waals surface area contributed by atoms with Gasteiger partial charge in [0.2, 0.25) is 0 Å². The van der Waals surface area contributed by atoms with Crippen molar-refractivity contribution >= 4 is 24.0 Å². The number of carbonyl (C=O) groups is 1. The maximum absolute atomic E-state index is 10.5. The van der Waals surface area contributed by atoms with E-state index in [1.807, 2.05) is 6.92 Å². The number of nitrogens with one attached hydrogen (secondary N) is 1. The van der Waals surface area contributed by atoms with Crippen LogP contribution in [-0.2, 0) is 4.79 Å². The first-order valence-electron chi connectivity index (χ1n) is 2.82. The van der Waals surface area contributed by atoms with E-state index in [0.717, 1.165) is 6.54 Å². The minimum absolute atomic E-state index is 0. The van der Waals surface area contributed by atoms with Gasteiger partial charge in [-0.2, -0.15) is 5.10 Å². The predicted octanol–water partition coefficient (Wildman–Crippen LogP) is -0.511. The predicted molar refractivity (Wildman–Crippen MR) is 41.0 cm³/mol. The number of halogens is 1. The maximum atomic E-state index is 10.5. The van der Waals surface area contributed by atoms with E-state index >= 15 is 0 Å². The molecular weight excluding hydrogens is 154 g/mol. The van der Waals surface area contributed by atoms with Gasteiger partial charge in [0.1, 0.15) is 5.71 Å². The lowest BCUT2D eigenvalue weighted by Crippen LogP contribution is -2.27. The lowest BCUT2D eigenvalue weighted by molar-refractivity contribution is -0.112. The van der Waals surface area contributed by atoms with Gasteiger partial charge in [0.25, 0.3) is 5.91 Å². The smallest absolute Gasteiger partial charge is 0.265 e. The lowest BCUT2D eigenvalue weighted by atomic mass is 10.1. The zero-order chi connectivity index (χ0) is 6.85. The normalized spacial score (nSPS) is 22.5. The second-order valence-corrected chi connectivity index (χ2v) is 2.12. The van der Waals surface area contributed by atoms with Crippen molar-refractivity contribution < 1.29 is 4.79 Å². The van der Waals surface area contributed by atoms with Crippen LogP contribution in [0.3, 0.4) is 0 Å². The van der Waals surface area contributed by atoms with Crippen molar-refractivity contribution in [2.24, 2.45) is 16.8 Å². The fraction of sp³-hybridized carbons (Fsp3) is 0.600. The fourth-order valence-corrected chi connectivity index (χ4v) is 0.773. The van der Waals surface area contributed by atoms with E-state index in [0.29, 0.717) is 5.71 Å². The van der Waals surface area contributed by atoms with Gasteiger partial charge in [-0.05, 0) is 0 Å². The van der Waals surface area contributed by atoms with Gasteiger partial charge in [-0.15, -0.1) is 12.4 Å². The number of carbonyl (C=O) groups excluding carboxylic acids is 1. The van der Waals surface area contributed by atoms with Crippen LogP contribution >= 0.6 is 12.4 Å². The zero-order valence-electron chi connectivity index (χ0n) is 5.63. The summed E-state index contributed by atoms with van der Waals surface area (Å²) >= 11 is 0. The van der Waals surface area contributed by atoms with Crippen molar-refractivity contribution in [2.45, 2.75) is 6.92 Å². The molecule has 4 nitrogen and oxygen atoms in total. The quantitative estimate of drug-likeness (QED) is 0.547. The number of rotatable bonds is 1. The molecule has 0 aliphatic carbocycles. The van der Waals surface area contributed by atoms with Gasteiger partial charge in [-0.3, -0.25) is 4.79 Å². The Morgan fingerprint density at radius 1 is 1.90 bits per heavy atom. The first-order chi connectivity index (χ1) is 4.22. The molecule has 5 heteroatoms. The third-order valence-electron chi connectivity index (χ3n) is 1.32. The summed E-state index contributed by atoms with van der Waals surface area (Å²) in [5.41, 5.74) is 8.12.